The van der Waals surface area contributed by atoms with E-state index in [1.807, 2.05) is 6.92 Å². The Morgan fingerprint density at radius 1 is 0.800 bits per heavy atom. The fourth-order valence-corrected chi connectivity index (χ4v) is 2.17. The molecule has 0 bridgehead atoms. The molecule has 1 radical (unpaired) electrons. The normalized spacial score (nSPS) is 12.3. The largest absolute Gasteiger partial charge is 0.464 e. The maximum absolute atomic E-state index is 11.6. The van der Waals surface area contributed by atoms with Crippen molar-refractivity contribution in [2.24, 2.45) is 0 Å². The van der Waals surface area contributed by atoms with Crippen molar-refractivity contribution in [3.8, 4) is 0 Å². The van der Waals surface area contributed by atoms with E-state index in [1.54, 1.807) is 0 Å². The van der Waals surface area contributed by atoms with Crippen molar-refractivity contribution >= 4 is 5.97 Å². The molecule has 0 aliphatic heterocycles. The fourth-order valence-electron chi connectivity index (χ4n) is 2.17. The zero-order chi connectivity index (χ0) is 15.1. The van der Waals surface area contributed by atoms with Gasteiger partial charge in [-0.3, -0.25) is 0 Å². The Kier molecular flexibility index (Phi) is 14.4. The van der Waals surface area contributed by atoms with Crippen molar-refractivity contribution in [3.05, 3.63) is 0 Å². The zero-order valence-electron chi connectivity index (χ0n) is 13.5. The van der Waals surface area contributed by atoms with Crippen LogP contribution in [0.1, 0.15) is 90.9 Å². The highest BCUT2D eigenvalue weighted by Crippen LogP contribution is 2.12. The van der Waals surface area contributed by atoms with Crippen LogP contribution in [0.25, 0.3) is 0 Å². The first kappa shape index (κ1) is 19.4. The van der Waals surface area contributed by atoms with Gasteiger partial charge in [-0.1, -0.05) is 78.1 Å². The Hall–Kier alpha value is -0.570. The summed E-state index contributed by atoms with van der Waals surface area (Å²) in [5, 5.41) is 11.6. The minimum Gasteiger partial charge on any atom is -0.464 e. The fraction of sp³-hybridized carbons (Fsp3) is 0.941. The van der Waals surface area contributed by atoms with Crippen molar-refractivity contribution in [1.29, 1.82) is 0 Å². The van der Waals surface area contributed by atoms with Crippen LogP contribution in [-0.4, -0.2) is 18.7 Å². The number of carbonyl (C=O) groups is 1. The second kappa shape index (κ2) is 14.8. The van der Waals surface area contributed by atoms with E-state index < -0.39 is 12.1 Å². The Morgan fingerprint density at radius 2 is 1.30 bits per heavy atom. The van der Waals surface area contributed by atoms with Crippen LogP contribution in [0.15, 0.2) is 0 Å². The molecule has 0 aliphatic carbocycles. The quantitative estimate of drug-likeness (QED) is 0.331. The van der Waals surface area contributed by atoms with Gasteiger partial charge in [0.2, 0.25) is 0 Å². The van der Waals surface area contributed by atoms with Crippen molar-refractivity contribution in [2.75, 3.05) is 6.61 Å². The van der Waals surface area contributed by atoms with Gasteiger partial charge in [-0.05, 0) is 12.8 Å². The lowest BCUT2D eigenvalue weighted by Crippen LogP contribution is -2.22. The standard InChI is InChI=1S/C17H33O3/c1-3-5-7-8-9-10-11-12-13-14-16(18)17(19)20-15-6-4-2/h16H,3-15H2,1-2H3. The van der Waals surface area contributed by atoms with Crippen LogP contribution in [0, 0.1) is 0 Å². The molecule has 119 valence electrons. The Bertz CT molecular complexity index is 216. The van der Waals surface area contributed by atoms with Crippen LogP contribution in [0.4, 0.5) is 0 Å². The predicted octanol–water partition coefficient (Wildman–Crippen LogP) is 5.05. The minimum absolute atomic E-state index is 0.395. The zero-order valence-corrected chi connectivity index (χ0v) is 13.5. The van der Waals surface area contributed by atoms with Crippen molar-refractivity contribution in [1.82, 2.24) is 0 Å². The van der Waals surface area contributed by atoms with Gasteiger partial charge in [0.25, 0.3) is 0 Å². The highest BCUT2D eigenvalue weighted by atomic mass is 16.5. The second-order valence-electron chi connectivity index (χ2n) is 5.63. The van der Waals surface area contributed by atoms with Crippen molar-refractivity contribution < 1.29 is 14.6 Å². The first-order chi connectivity index (χ1) is 9.72. The van der Waals surface area contributed by atoms with Gasteiger partial charge in [0.1, 0.15) is 0 Å². The topological polar surface area (TPSA) is 46.2 Å². The smallest absolute Gasteiger partial charge is 0.338 e. The molecular formula is C17H33O3. The van der Waals surface area contributed by atoms with Crippen molar-refractivity contribution in [2.45, 2.75) is 97.0 Å². The van der Waals surface area contributed by atoms with Gasteiger partial charge >= 0.3 is 5.97 Å². The summed E-state index contributed by atoms with van der Waals surface area (Å²) < 4.78 is 4.93. The number of hydrogen-bond acceptors (Lipinski definition) is 2. The van der Waals surface area contributed by atoms with Gasteiger partial charge in [-0.25, -0.2) is 9.90 Å². The molecule has 0 aliphatic rings. The molecule has 0 aromatic rings. The van der Waals surface area contributed by atoms with Crippen LogP contribution in [0.3, 0.4) is 0 Å². The van der Waals surface area contributed by atoms with Crippen LogP contribution in [0.5, 0.6) is 0 Å². The van der Waals surface area contributed by atoms with E-state index in [9.17, 15) is 9.90 Å². The molecule has 3 nitrogen and oxygen atoms in total. The molecule has 0 saturated heterocycles. The number of ether oxygens (including phenoxy) is 1. The highest BCUT2D eigenvalue weighted by Gasteiger charge is 2.17. The maximum atomic E-state index is 11.6. The van der Waals surface area contributed by atoms with Crippen LogP contribution in [0.2, 0.25) is 0 Å². The summed E-state index contributed by atoms with van der Waals surface area (Å²) in [5.74, 6) is -0.557. The lowest BCUT2D eigenvalue weighted by Gasteiger charge is -2.08. The summed E-state index contributed by atoms with van der Waals surface area (Å²) in [7, 11) is 0. The Balaban J connectivity index is 3.30. The van der Waals surface area contributed by atoms with Gasteiger partial charge in [-0.15, -0.1) is 0 Å². The lowest BCUT2D eigenvalue weighted by atomic mass is 10.1. The van der Waals surface area contributed by atoms with Gasteiger partial charge in [0.05, 0.1) is 6.61 Å². The lowest BCUT2D eigenvalue weighted by molar-refractivity contribution is -0.157. The summed E-state index contributed by atoms with van der Waals surface area (Å²) in [5.41, 5.74) is 0. The van der Waals surface area contributed by atoms with Gasteiger partial charge in [0, 0.05) is 0 Å². The molecular weight excluding hydrogens is 252 g/mol. The highest BCUT2D eigenvalue weighted by molar-refractivity contribution is 5.74. The molecule has 20 heavy (non-hydrogen) atoms. The molecule has 0 saturated carbocycles. The first-order valence-corrected chi connectivity index (χ1v) is 8.54. The molecule has 1 atom stereocenters. The summed E-state index contributed by atoms with van der Waals surface area (Å²) in [6.45, 7) is 4.66. The summed E-state index contributed by atoms with van der Waals surface area (Å²) in [4.78, 5) is 11.3. The van der Waals surface area contributed by atoms with E-state index in [0.717, 1.165) is 25.7 Å². The molecule has 0 rings (SSSR count). The molecule has 0 aromatic carbocycles. The third-order valence-electron chi connectivity index (χ3n) is 3.57. The molecule has 0 heterocycles. The summed E-state index contributed by atoms with van der Waals surface area (Å²) in [6, 6.07) is 0. The molecule has 3 heteroatoms. The number of esters is 1. The minimum atomic E-state index is -1.17. The van der Waals surface area contributed by atoms with E-state index >= 15 is 0 Å². The maximum Gasteiger partial charge on any atom is 0.338 e. The third-order valence-corrected chi connectivity index (χ3v) is 3.57. The molecule has 0 aromatic heterocycles. The Morgan fingerprint density at radius 3 is 1.85 bits per heavy atom. The second-order valence-corrected chi connectivity index (χ2v) is 5.63. The number of hydrogen-bond donors (Lipinski definition) is 0. The predicted molar refractivity (Wildman–Crippen MR) is 82.2 cm³/mol. The van der Waals surface area contributed by atoms with Gasteiger partial charge in [0.15, 0.2) is 6.10 Å². The molecule has 0 amide bonds. The number of unbranched alkanes of at least 4 members (excludes halogenated alkanes) is 9. The SMILES string of the molecule is CCCCCCCCCCCC([O])C(=O)OCCCC. The van der Waals surface area contributed by atoms with Crippen molar-refractivity contribution in [3.63, 3.8) is 0 Å². The van der Waals surface area contributed by atoms with E-state index in [4.69, 9.17) is 4.74 Å². The van der Waals surface area contributed by atoms with Crippen LogP contribution < -0.4 is 0 Å². The molecule has 0 spiro atoms. The monoisotopic (exact) mass is 285 g/mol. The number of carbonyl (C=O) groups excluding carboxylic acids is 1. The Labute approximate surface area is 125 Å². The summed E-state index contributed by atoms with van der Waals surface area (Å²) in [6.07, 6.45) is 12.1. The summed E-state index contributed by atoms with van der Waals surface area (Å²) >= 11 is 0. The van der Waals surface area contributed by atoms with E-state index in [-0.39, 0.29) is 0 Å². The third kappa shape index (κ3) is 12.5. The first-order valence-electron chi connectivity index (χ1n) is 8.54. The van der Waals surface area contributed by atoms with E-state index in [0.29, 0.717) is 13.0 Å². The molecule has 0 N–H and O–H groups in total. The number of rotatable bonds is 14. The molecule has 0 fully saturated rings. The van der Waals surface area contributed by atoms with E-state index in [2.05, 4.69) is 6.92 Å². The average molecular weight is 285 g/mol. The molecule has 1 unspecified atom stereocenters. The van der Waals surface area contributed by atoms with Crippen LogP contribution in [-0.2, 0) is 14.6 Å². The van der Waals surface area contributed by atoms with E-state index in [1.165, 1.54) is 44.9 Å². The average Bonchev–Trinajstić information content (AvgIpc) is 2.45. The van der Waals surface area contributed by atoms with Crippen LogP contribution >= 0.6 is 0 Å². The van der Waals surface area contributed by atoms with Gasteiger partial charge in [-0.2, -0.15) is 0 Å². The van der Waals surface area contributed by atoms with Gasteiger partial charge < -0.3 is 4.74 Å².